The molecule has 0 fully saturated rings. The summed E-state index contributed by atoms with van der Waals surface area (Å²) in [4.78, 5) is 4.84. The Balaban J connectivity index is 1.70. The van der Waals surface area contributed by atoms with Crippen molar-refractivity contribution in [2.75, 3.05) is 22.9 Å². The zero-order valence-corrected chi connectivity index (χ0v) is 17.7. The highest BCUT2D eigenvalue weighted by molar-refractivity contribution is 5.69. The van der Waals surface area contributed by atoms with E-state index in [0.717, 1.165) is 13.1 Å². The van der Waals surface area contributed by atoms with E-state index in [0.29, 0.717) is 0 Å². The molecule has 0 aromatic heterocycles. The first-order valence-corrected chi connectivity index (χ1v) is 10.5. The Bertz CT molecular complexity index is 985. The molecule has 2 heteroatoms. The van der Waals surface area contributed by atoms with Gasteiger partial charge in [0.1, 0.15) is 0 Å². The lowest BCUT2D eigenvalue weighted by molar-refractivity contribution is 0.880. The van der Waals surface area contributed by atoms with Crippen LogP contribution in [0.15, 0.2) is 109 Å². The van der Waals surface area contributed by atoms with Crippen LogP contribution in [-0.4, -0.2) is 13.1 Å². The highest BCUT2D eigenvalue weighted by atomic mass is 15.2. The van der Waals surface area contributed by atoms with Gasteiger partial charge in [0, 0.05) is 35.8 Å². The van der Waals surface area contributed by atoms with E-state index >= 15 is 0 Å². The van der Waals surface area contributed by atoms with Crippen molar-refractivity contribution in [1.29, 1.82) is 0 Å². The van der Waals surface area contributed by atoms with E-state index in [4.69, 9.17) is 0 Å². The van der Waals surface area contributed by atoms with Gasteiger partial charge in [-0.25, -0.2) is 0 Å². The maximum Gasteiger partial charge on any atom is 0.0441 e. The Morgan fingerprint density at radius 3 is 1.13 bits per heavy atom. The van der Waals surface area contributed by atoms with Crippen molar-refractivity contribution in [3.8, 4) is 0 Å². The molecule has 0 aliphatic rings. The van der Waals surface area contributed by atoms with Crippen LogP contribution in [-0.2, 0) is 0 Å². The number of rotatable bonds is 7. The minimum absolute atomic E-state index is 0.873. The third-order valence-corrected chi connectivity index (χ3v) is 5.50. The van der Waals surface area contributed by atoms with Gasteiger partial charge >= 0.3 is 0 Å². The molecular weight excluding hydrogens is 364 g/mol. The van der Waals surface area contributed by atoms with Gasteiger partial charge in [-0.15, -0.1) is 0 Å². The number of nitrogens with zero attached hydrogens (tertiary/aromatic N) is 2. The summed E-state index contributed by atoms with van der Waals surface area (Å²) in [6.45, 7) is 6.11. The van der Waals surface area contributed by atoms with Gasteiger partial charge in [0.05, 0.1) is 0 Å². The highest BCUT2D eigenvalue weighted by Crippen LogP contribution is 2.31. The molecule has 30 heavy (non-hydrogen) atoms. The van der Waals surface area contributed by atoms with Crippen LogP contribution < -0.4 is 9.80 Å². The van der Waals surface area contributed by atoms with E-state index in [2.05, 4.69) is 133 Å². The van der Waals surface area contributed by atoms with E-state index in [1.54, 1.807) is 0 Å². The van der Waals surface area contributed by atoms with Crippen molar-refractivity contribution in [2.45, 2.75) is 13.8 Å². The Kier molecular flexibility index (Phi) is 6.14. The largest absolute Gasteiger partial charge is 0.339 e. The molecule has 150 valence electrons. The Hall–Kier alpha value is -3.52. The molecule has 0 heterocycles. The molecule has 0 saturated heterocycles. The van der Waals surface area contributed by atoms with Gasteiger partial charge in [-0.05, 0) is 61.4 Å². The van der Waals surface area contributed by atoms with Crippen molar-refractivity contribution in [1.82, 2.24) is 0 Å². The number of anilines is 4. The number of benzene rings is 4. The van der Waals surface area contributed by atoms with Crippen LogP contribution in [0.2, 0.25) is 0 Å². The first kappa shape index (κ1) is 19.8. The second-order valence-corrected chi connectivity index (χ2v) is 7.55. The molecule has 0 N–H and O–H groups in total. The average Bonchev–Trinajstić information content (AvgIpc) is 2.80. The van der Waals surface area contributed by atoms with Gasteiger partial charge in [-0.1, -0.05) is 72.8 Å². The standard InChI is InChI=1S/C28H28N2/c1-23-13-9-11-19-27(23)29(25-15-5-3-6-16-25)21-22-30(26-17-7-4-8-18-26)28-20-12-10-14-24(28)2/h3-20H,21-22H2,1-2H3. The Labute approximate surface area is 180 Å². The van der Waals surface area contributed by atoms with Gasteiger partial charge in [0.2, 0.25) is 0 Å². The lowest BCUT2D eigenvalue weighted by Gasteiger charge is -2.32. The maximum atomic E-state index is 2.42. The fourth-order valence-electron chi connectivity index (χ4n) is 3.93. The third-order valence-electron chi connectivity index (χ3n) is 5.50. The number of para-hydroxylation sites is 4. The Morgan fingerprint density at radius 2 is 0.767 bits per heavy atom. The summed E-state index contributed by atoms with van der Waals surface area (Å²) in [7, 11) is 0. The fraction of sp³-hybridized carbons (Fsp3) is 0.143. The van der Waals surface area contributed by atoms with Crippen LogP contribution in [0.5, 0.6) is 0 Å². The van der Waals surface area contributed by atoms with Crippen LogP contribution in [0.25, 0.3) is 0 Å². The summed E-state index contributed by atoms with van der Waals surface area (Å²) >= 11 is 0. The SMILES string of the molecule is Cc1ccccc1N(CCN(c1ccccc1)c1ccccc1C)c1ccccc1. The minimum atomic E-state index is 0.873. The molecule has 0 atom stereocenters. The topological polar surface area (TPSA) is 6.48 Å². The summed E-state index contributed by atoms with van der Waals surface area (Å²) in [5, 5.41) is 0. The predicted octanol–water partition coefficient (Wildman–Crippen LogP) is 7.28. The van der Waals surface area contributed by atoms with Crippen LogP contribution in [0.3, 0.4) is 0 Å². The van der Waals surface area contributed by atoms with Crippen molar-refractivity contribution < 1.29 is 0 Å². The molecule has 4 rings (SSSR count). The summed E-state index contributed by atoms with van der Waals surface area (Å²) in [5.41, 5.74) is 7.49. The van der Waals surface area contributed by atoms with E-state index in [-0.39, 0.29) is 0 Å². The lowest BCUT2D eigenvalue weighted by Crippen LogP contribution is -2.31. The number of aryl methyl sites for hydroxylation is 2. The van der Waals surface area contributed by atoms with Crippen molar-refractivity contribution >= 4 is 22.7 Å². The first-order chi connectivity index (χ1) is 14.7. The predicted molar refractivity (Wildman–Crippen MR) is 129 cm³/mol. The highest BCUT2D eigenvalue weighted by Gasteiger charge is 2.16. The molecule has 4 aromatic rings. The smallest absolute Gasteiger partial charge is 0.0441 e. The van der Waals surface area contributed by atoms with Gasteiger partial charge in [-0.3, -0.25) is 0 Å². The van der Waals surface area contributed by atoms with E-state index in [1.165, 1.54) is 33.9 Å². The lowest BCUT2D eigenvalue weighted by atomic mass is 10.1. The summed E-state index contributed by atoms with van der Waals surface area (Å²) in [5.74, 6) is 0. The normalized spacial score (nSPS) is 10.6. The first-order valence-electron chi connectivity index (χ1n) is 10.5. The van der Waals surface area contributed by atoms with Gasteiger partial charge in [0.15, 0.2) is 0 Å². The minimum Gasteiger partial charge on any atom is -0.339 e. The summed E-state index contributed by atoms with van der Waals surface area (Å²) < 4.78 is 0. The monoisotopic (exact) mass is 392 g/mol. The molecule has 0 spiro atoms. The molecular formula is C28H28N2. The number of hydrogen-bond donors (Lipinski definition) is 0. The van der Waals surface area contributed by atoms with Crippen molar-refractivity contribution in [3.63, 3.8) is 0 Å². The van der Waals surface area contributed by atoms with E-state index in [1.807, 2.05) is 0 Å². The van der Waals surface area contributed by atoms with E-state index < -0.39 is 0 Å². The van der Waals surface area contributed by atoms with E-state index in [9.17, 15) is 0 Å². The van der Waals surface area contributed by atoms with Crippen LogP contribution in [0.4, 0.5) is 22.7 Å². The molecule has 2 nitrogen and oxygen atoms in total. The summed E-state index contributed by atoms with van der Waals surface area (Å²) in [6.07, 6.45) is 0. The third kappa shape index (κ3) is 4.38. The van der Waals surface area contributed by atoms with Gasteiger partial charge in [0.25, 0.3) is 0 Å². The maximum absolute atomic E-state index is 2.42. The second-order valence-electron chi connectivity index (χ2n) is 7.55. The zero-order valence-electron chi connectivity index (χ0n) is 17.7. The summed E-state index contributed by atoms with van der Waals surface area (Å²) in [6, 6.07) is 38.6. The molecule has 0 amide bonds. The molecule has 0 aliphatic carbocycles. The molecule has 0 bridgehead atoms. The second kappa shape index (κ2) is 9.32. The molecule has 0 saturated carbocycles. The Morgan fingerprint density at radius 1 is 0.433 bits per heavy atom. The van der Waals surface area contributed by atoms with Crippen molar-refractivity contribution in [3.05, 3.63) is 120 Å². The fourth-order valence-corrected chi connectivity index (χ4v) is 3.93. The zero-order chi connectivity index (χ0) is 20.8. The molecule has 0 unspecified atom stereocenters. The van der Waals surface area contributed by atoms with Gasteiger partial charge in [-0.2, -0.15) is 0 Å². The average molecular weight is 393 g/mol. The molecule has 4 aromatic carbocycles. The molecule has 0 radical (unpaired) electrons. The van der Waals surface area contributed by atoms with Gasteiger partial charge < -0.3 is 9.80 Å². The van der Waals surface area contributed by atoms with Crippen LogP contribution in [0, 0.1) is 13.8 Å². The molecule has 0 aliphatic heterocycles. The number of hydrogen-bond acceptors (Lipinski definition) is 2. The van der Waals surface area contributed by atoms with Crippen molar-refractivity contribution in [2.24, 2.45) is 0 Å². The van der Waals surface area contributed by atoms with Crippen LogP contribution >= 0.6 is 0 Å². The quantitative estimate of drug-likeness (QED) is 0.326. The van der Waals surface area contributed by atoms with Crippen LogP contribution in [0.1, 0.15) is 11.1 Å².